The Hall–Kier alpha value is -1.20. The number of halogens is 1. The number of benzene rings is 1. The van der Waals surface area contributed by atoms with Gasteiger partial charge in [0.25, 0.3) is 0 Å². The molecule has 0 saturated heterocycles. The molecule has 1 heterocycles. The number of hydrogen-bond donors (Lipinski definition) is 1. The maximum atomic E-state index is 6.35. The number of fused-ring (bicyclic) bond motifs is 2. The van der Waals surface area contributed by atoms with E-state index in [1.807, 2.05) is 12.1 Å². The second-order valence-electron chi connectivity index (χ2n) is 6.36. The Morgan fingerprint density at radius 3 is 2.81 bits per heavy atom. The highest BCUT2D eigenvalue weighted by atomic mass is 79.9. The van der Waals surface area contributed by atoms with Crippen LogP contribution in [-0.2, 0) is 0 Å². The quantitative estimate of drug-likeness (QED) is 0.900. The largest absolute Gasteiger partial charge is 0.339 e. The molecule has 4 nitrogen and oxygen atoms in total. The number of hydrogen-bond acceptors (Lipinski definition) is 4. The highest BCUT2D eigenvalue weighted by Crippen LogP contribution is 2.51. The van der Waals surface area contributed by atoms with Gasteiger partial charge in [-0.1, -0.05) is 33.2 Å². The lowest BCUT2D eigenvalue weighted by molar-refractivity contribution is 0.279. The van der Waals surface area contributed by atoms with Gasteiger partial charge >= 0.3 is 0 Å². The van der Waals surface area contributed by atoms with Gasteiger partial charge in [-0.3, -0.25) is 0 Å². The highest BCUT2D eigenvalue weighted by Gasteiger charge is 2.48. The summed E-state index contributed by atoms with van der Waals surface area (Å²) < 4.78 is 6.60. The number of rotatable bonds is 2. The monoisotopic (exact) mass is 347 g/mol. The van der Waals surface area contributed by atoms with Gasteiger partial charge in [-0.2, -0.15) is 4.98 Å². The number of aromatic nitrogens is 2. The minimum Gasteiger partial charge on any atom is -0.339 e. The molecule has 110 valence electrons. The molecule has 2 fully saturated rings. The van der Waals surface area contributed by atoms with E-state index in [4.69, 9.17) is 10.3 Å². The summed E-state index contributed by atoms with van der Waals surface area (Å²) in [5.74, 6) is 2.90. The molecule has 2 aliphatic carbocycles. The van der Waals surface area contributed by atoms with Crippen molar-refractivity contribution in [2.45, 2.75) is 38.1 Å². The van der Waals surface area contributed by atoms with Crippen LogP contribution in [0.3, 0.4) is 0 Å². The molecule has 4 rings (SSSR count). The van der Waals surface area contributed by atoms with Gasteiger partial charge in [0, 0.05) is 16.1 Å². The maximum Gasteiger partial charge on any atom is 0.231 e. The van der Waals surface area contributed by atoms with Crippen LogP contribution in [0.4, 0.5) is 0 Å². The Labute approximate surface area is 132 Å². The first kappa shape index (κ1) is 13.5. The van der Waals surface area contributed by atoms with Crippen LogP contribution in [0.5, 0.6) is 0 Å². The van der Waals surface area contributed by atoms with Crippen LogP contribution in [-0.4, -0.2) is 16.2 Å². The molecule has 1 aromatic heterocycles. The summed E-state index contributed by atoms with van der Waals surface area (Å²) >= 11 is 3.55. The highest BCUT2D eigenvalue weighted by molar-refractivity contribution is 9.10. The molecule has 0 radical (unpaired) electrons. The Morgan fingerprint density at radius 2 is 2.10 bits per heavy atom. The van der Waals surface area contributed by atoms with E-state index in [-0.39, 0.29) is 12.0 Å². The van der Waals surface area contributed by atoms with Crippen molar-refractivity contribution in [3.8, 4) is 11.4 Å². The van der Waals surface area contributed by atoms with Gasteiger partial charge in [0.05, 0.1) is 5.92 Å². The van der Waals surface area contributed by atoms with E-state index < -0.39 is 0 Å². The zero-order chi connectivity index (χ0) is 14.6. The Bertz CT molecular complexity index is 682. The number of nitrogens with zero attached hydrogens (tertiary/aromatic N) is 2. The van der Waals surface area contributed by atoms with E-state index >= 15 is 0 Å². The fourth-order valence-electron chi connectivity index (χ4n) is 3.92. The molecule has 4 atom stereocenters. The topological polar surface area (TPSA) is 64.9 Å². The van der Waals surface area contributed by atoms with Crippen molar-refractivity contribution in [3.05, 3.63) is 34.1 Å². The molecule has 0 spiro atoms. The normalized spacial score (nSPS) is 31.0. The van der Waals surface area contributed by atoms with Gasteiger partial charge < -0.3 is 10.3 Å². The fraction of sp³-hybridized carbons (Fsp3) is 0.500. The average Bonchev–Trinajstić information content (AvgIpc) is 3.16. The van der Waals surface area contributed by atoms with E-state index in [1.54, 1.807) is 0 Å². The van der Waals surface area contributed by atoms with Gasteiger partial charge in [0.15, 0.2) is 0 Å². The molecule has 1 aromatic carbocycles. The Morgan fingerprint density at radius 1 is 1.29 bits per heavy atom. The summed E-state index contributed by atoms with van der Waals surface area (Å²) in [6.45, 7) is 2.06. The molecule has 2 aromatic rings. The third-order valence-corrected chi connectivity index (χ3v) is 5.99. The minimum absolute atomic E-state index is 0.182. The summed E-state index contributed by atoms with van der Waals surface area (Å²) in [6, 6.07) is 6.29. The SMILES string of the molecule is Cc1ccc(-c2noc(C3C4CCC(C4)C3N)n2)cc1Br. The molecular weight excluding hydrogens is 330 g/mol. The molecule has 5 heteroatoms. The van der Waals surface area contributed by atoms with Gasteiger partial charge in [-0.15, -0.1) is 0 Å². The van der Waals surface area contributed by atoms with Gasteiger partial charge in [-0.05, 0) is 49.7 Å². The summed E-state index contributed by atoms with van der Waals surface area (Å²) in [4.78, 5) is 4.62. The Balaban J connectivity index is 1.65. The van der Waals surface area contributed by atoms with Crippen LogP contribution in [0, 0.1) is 18.8 Å². The first-order chi connectivity index (χ1) is 10.1. The summed E-state index contributed by atoms with van der Waals surface area (Å²) in [7, 11) is 0. The molecule has 0 aliphatic heterocycles. The summed E-state index contributed by atoms with van der Waals surface area (Å²) in [5, 5.41) is 4.16. The predicted octanol–water partition coefficient (Wildman–Crippen LogP) is 3.65. The fourth-order valence-corrected chi connectivity index (χ4v) is 4.30. The van der Waals surface area contributed by atoms with Crippen molar-refractivity contribution >= 4 is 15.9 Å². The minimum atomic E-state index is 0.182. The third-order valence-electron chi connectivity index (χ3n) is 5.14. The first-order valence-corrected chi connectivity index (χ1v) is 8.28. The van der Waals surface area contributed by atoms with E-state index in [0.29, 0.717) is 17.7 Å². The van der Waals surface area contributed by atoms with Crippen LogP contribution >= 0.6 is 15.9 Å². The van der Waals surface area contributed by atoms with E-state index in [9.17, 15) is 0 Å². The van der Waals surface area contributed by atoms with Crippen molar-refractivity contribution < 1.29 is 4.52 Å². The second kappa shape index (κ2) is 4.92. The molecule has 2 saturated carbocycles. The number of aryl methyl sites for hydroxylation is 1. The van der Waals surface area contributed by atoms with Crippen molar-refractivity contribution in [2.24, 2.45) is 17.6 Å². The lowest BCUT2D eigenvalue weighted by Gasteiger charge is -2.24. The molecular formula is C16H18BrN3O. The zero-order valence-corrected chi connectivity index (χ0v) is 13.5. The van der Waals surface area contributed by atoms with Crippen LogP contribution in [0.15, 0.2) is 27.2 Å². The van der Waals surface area contributed by atoms with Crippen LogP contribution in [0.1, 0.15) is 36.6 Å². The Kier molecular flexibility index (Phi) is 3.15. The van der Waals surface area contributed by atoms with Crippen molar-refractivity contribution in [3.63, 3.8) is 0 Å². The summed E-state index contributed by atoms with van der Waals surface area (Å²) in [6.07, 6.45) is 3.73. The van der Waals surface area contributed by atoms with Gasteiger partial charge in [-0.25, -0.2) is 0 Å². The average molecular weight is 348 g/mol. The van der Waals surface area contributed by atoms with Crippen molar-refractivity contribution in [1.29, 1.82) is 0 Å². The van der Waals surface area contributed by atoms with Crippen molar-refractivity contribution in [1.82, 2.24) is 10.1 Å². The zero-order valence-electron chi connectivity index (χ0n) is 11.9. The molecule has 2 N–H and O–H groups in total. The van der Waals surface area contributed by atoms with Crippen LogP contribution in [0.2, 0.25) is 0 Å². The maximum absolute atomic E-state index is 6.35. The van der Waals surface area contributed by atoms with Crippen LogP contribution < -0.4 is 5.73 Å². The standard InChI is InChI=1S/C16H18BrN3O/c1-8-2-3-11(7-12(8)17)15-19-16(21-20-15)13-9-4-5-10(6-9)14(13)18/h2-3,7,9-10,13-14H,4-6,18H2,1H3. The molecule has 21 heavy (non-hydrogen) atoms. The van der Waals surface area contributed by atoms with Crippen molar-refractivity contribution in [2.75, 3.05) is 0 Å². The first-order valence-electron chi connectivity index (χ1n) is 7.49. The molecule has 2 aliphatic rings. The summed E-state index contributed by atoms with van der Waals surface area (Å²) in [5.41, 5.74) is 8.52. The van der Waals surface area contributed by atoms with E-state index in [2.05, 4.69) is 39.1 Å². The van der Waals surface area contributed by atoms with Gasteiger partial charge in [0.1, 0.15) is 0 Å². The van der Waals surface area contributed by atoms with E-state index in [0.717, 1.165) is 15.9 Å². The lowest BCUT2D eigenvalue weighted by atomic mass is 9.85. The van der Waals surface area contributed by atoms with E-state index in [1.165, 1.54) is 24.8 Å². The lowest BCUT2D eigenvalue weighted by Crippen LogP contribution is -2.34. The smallest absolute Gasteiger partial charge is 0.231 e. The molecule has 0 amide bonds. The van der Waals surface area contributed by atoms with Gasteiger partial charge in [0.2, 0.25) is 11.7 Å². The van der Waals surface area contributed by atoms with Crippen LogP contribution in [0.25, 0.3) is 11.4 Å². The third kappa shape index (κ3) is 2.14. The molecule has 2 bridgehead atoms. The molecule has 4 unspecified atom stereocenters. The predicted molar refractivity (Wildman–Crippen MR) is 83.7 cm³/mol. The second-order valence-corrected chi connectivity index (χ2v) is 7.21. The number of nitrogens with two attached hydrogens (primary N) is 1.